The number of rotatable bonds is 22. The summed E-state index contributed by atoms with van der Waals surface area (Å²) in [6, 6.07) is 29.4. The number of hydrogen-bond donors (Lipinski definition) is 0. The van der Waals surface area contributed by atoms with E-state index in [9.17, 15) is 20.2 Å². The lowest BCUT2D eigenvalue weighted by atomic mass is 10.1. The van der Waals surface area contributed by atoms with Gasteiger partial charge in [0, 0.05) is 35.4 Å². The molecule has 0 atom stereocenters. The second-order valence-corrected chi connectivity index (χ2v) is 14.2. The van der Waals surface area contributed by atoms with Gasteiger partial charge in [0.1, 0.15) is 34.5 Å². The van der Waals surface area contributed by atoms with Gasteiger partial charge in [-0.2, -0.15) is 0 Å². The van der Waals surface area contributed by atoms with Crippen LogP contribution in [-0.4, -0.2) is 43.5 Å². The van der Waals surface area contributed by atoms with Crippen LogP contribution in [0.5, 0.6) is 34.5 Å². The van der Waals surface area contributed by atoms with Gasteiger partial charge in [-0.05, 0) is 85.6 Å². The van der Waals surface area contributed by atoms with Crippen LogP contribution in [0.1, 0.15) is 65.2 Å². The summed E-state index contributed by atoms with van der Waals surface area (Å²) in [4.78, 5) is 21.2. The quantitative estimate of drug-likeness (QED) is 0.0354. The molecule has 0 saturated carbocycles. The van der Waals surface area contributed by atoms with Gasteiger partial charge in [-0.15, -0.1) is 20.4 Å². The van der Waals surface area contributed by atoms with Gasteiger partial charge < -0.3 is 27.8 Å². The minimum atomic E-state index is -0.468. The van der Waals surface area contributed by atoms with Gasteiger partial charge >= 0.3 is 0 Å². The van der Waals surface area contributed by atoms with Crippen molar-refractivity contribution in [3.8, 4) is 80.3 Å². The Hall–Kier alpha value is -7.62. The number of benzene rings is 5. The van der Waals surface area contributed by atoms with E-state index in [1.54, 1.807) is 48.5 Å². The summed E-state index contributed by atoms with van der Waals surface area (Å²) in [7, 11) is 0. The van der Waals surface area contributed by atoms with Crippen molar-refractivity contribution in [1.29, 1.82) is 0 Å². The number of non-ortho nitro benzene ring substituents is 2. The van der Waals surface area contributed by atoms with E-state index in [0.29, 0.717) is 70.0 Å². The highest BCUT2D eigenvalue weighted by molar-refractivity contribution is 5.76. The van der Waals surface area contributed by atoms with E-state index < -0.39 is 9.85 Å². The molecule has 16 heteroatoms. The first-order chi connectivity index (χ1) is 30.3. The van der Waals surface area contributed by atoms with Gasteiger partial charge in [-0.3, -0.25) is 20.2 Å². The number of ether oxygens (including phenoxy) is 4. The predicted octanol–water partition coefficient (Wildman–Crippen LogP) is 12.4. The fourth-order valence-electron chi connectivity index (χ4n) is 6.38. The maximum atomic E-state index is 11.1. The molecule has 7 aromatic rings. The van der Waals surface area contributed by atoms with Crippen molar-refractivity contribution < 1.29 is 37.6 Å². The second-order valence-electron chi connectivity index (χ2n) is 14.2. The van der Waals surface area contributed by atoms with E-state index >= 15 is 0 Å². The molecule has 5 aromatic carbocycles. The zero-order valence-corrected chi connectivity index (χ0v) is 34.2. The molecule has 2 heterocycles. The van der Waals surface area contributed by atoms with Gasteiger partial charge in [-0.1, -0.05) is 64.5 Å². The Morgan fingerprint density at radius 1 is 0.484 bits per heavy atom. The topological polar surface area (TPSA) is 201 Å². The molecule has 7 rings (SSSR count). The molecule has 0 N–H and O–H groups in total. The fraction of sp³-hybridized carbons (Fsp3) is 0.261. The molecule has 0 radical (unpaired) electrons. The lowest BCUT2D eigenvalue weighted by Crippen LogP contribution is -2.03. The minimum Gasteiger partial charge on any atom is -0.493 e. The van der Waals surface area contributed by atoms with Crippen molar-refractivity contribution >= 4 is 11.4 Å². The third-order valence-electron chi connectivity index (χ3n) is 9.63. The van der Waals surface area contributed by atoms with Gasteiger partial charge in [0.05, 0.1) is 34.2 Å². The van der Waals surface area contributed by atoms with E-state index in [1.807, 2.05) is 12.1 Å². The molecule has 0 aliphatic carbocycles. The number of nitro benzene ring substituents is 2. The highest BCUT2D eigenvalue weighted by Crippen LogP contribution is 2.42. The normalized spacial score (nSPS) is 11.0. The Kier molecular flexibility index (Phi) is 14.1. The largest absolute Gasteiger partial charge is 0.493 e. The molecule has 318 valence electrons. The molecular weight excluding hydrogens is 797 g/mol. The molecule has 0 unspecified atom stereocenters. The number of aromatic nitrogens is 4. The molecule has 0 amide bonds. The Balaban J connectivity index is 1.19. The van der Waals surface area contributed by atoms with Crippen LogP contribution in [0.3, 0.4) is 0 Å². The van der Waals surface area contributed by atoms with E-state index in [2.05, 4.69) is 34.2 Å². The van der Waals surface area contributed by atoms with Crippen LogP contribution in [0.25, 0.3) is 45.8 Å². The fourth-order valence-corrected chi connectivity index (χ4v) is 6.38. The molecule has 0 aliphatic heterocycles. The standard InChI is InChI=1S/C46H44N6O10/c1-3-5-7-9-25-57-41-29-40(46-50-48-44(62-46)32-14-12-16-38(28-32)60-36-23-19-34(20-24-36)52(55)56)42(58-26-10-8-6-4-2)30-39(41)45-49-47-43(61-45)31-13-11-15-37(27-31)59-35-21-17-33(18-22-35)51(53)54/h11-24,27-30H,3-10,25-26H2,1-2H3. The molecule has 2 aromatic heterocycles. The molecular formula is C46H44N6O10. The van der Waals surface area contributed by atoms with Gasteiger partial charge in [0.15, 0.2) is 0 Å². The molecule has 0 saturated heterocycles. The van der Waals surface area contributed by atoms with Gasteiger partial charge in [0.2, 0.25) is 11.8 Å². The summed E-state index contributed by atoms with van der Waals surface area (Å²) in [5, 5.41) is 39.8. The van der Waals surface area contributed by atoms with Crippen molar-refractivity contribution in [2.75, 3.05) is 13.2 Å². The maximum absolute atomic E-state index is 11.1. The Labute approximate surface area is 356 Å². The molecule has 0 aliphatic rings. The maximum Gasteiger partial charge on any atom is 0.269 e. The van der Waals surface area contributed by atoms with Gasteiger partial charge in [0.25, 0.3) is 23.2 Å². The molecule has 62 heavy (non-hydrogen) atoms. The van der Waals surface area contributed by atoms with Gasteiger partial charge in [-0.25, -0.2) is 0 Å². The smallest absolute Gasteiger partial charge is 0.269 e. The average Bonchev–Trinajstić information content (AvgIpc) is 3.99. The Morgan fingerprint density at radius 3 is 1.27 bits per heavy atom. The van der Waals surface area contributed by atoms with Crippen LogP contribution in [-0.2, 0) is 0 Å². The molecule has 16 nitrogen and oxygen atoms in total. The highest BCUT2D eigenvalue weighted by Gasteiger charge is 2.24. The third-order valence-corrected chi connectivity index (χ3v) is 9.63. The summed E-state index contributed by atoms with van der Waals surface area (Å²) in [6.45, 7) is 5.17. The first kappa shape index (κ1) is 42.5. The molecule has 0 fully saturated rings. The van der Waals surface area contributed by atoms with Crippen molar-refractivity contribution in [3.05, 3.63) is 129 Å². The minimum absolute atomic E-state index is 0.0370. The Morgan fingerprint density at radius 2 is 0.887 bits per heavy atom. The van der Waals surface area contributed by atoms with Crippen LogP contribution in [0.15, 0.2) is 118 Å². The summed E-state index contributed by atoms with van der Waals surface area (Å²) in [5.74, 6) is 3.57. The summed E-state index contributed by atoms with van der Waals surface area (Å²) < 4.78 is 37.4. The van der Waals surface area contributed by atoms with Crippen molar-refractivity contribution in [2.24, 2.45) is 0 Å². The number of hydrogen-bond acceptors (Lipinski definition) is 14. The first-order valence-electron chi connectivity index (χ1n) is 20.4. The average molecular weight is 841 g/mol. The van der Waals surface area contributed by atoms with Crippen LogP contribution >= 0.6 is 0 Å². The van der Waals surface area contributed by atoms with Crippen LogP contribution in [0.2, 0.25) is 0 Å². The summed E-state index contributed by atoms with van der Waals surface area (Å²) >= 11 is 0. The van der Waals surface area contributed by atoms with Crippen molar-refractivity contribution in [1.82, 2.24) is 20.4 Å². The van der Waals surface area contributed by atoms with Crippen LogP contribution < -0.4 is 18.9 Å². The second kappa shape index (κ2) is 20.6. The summed E-state index contributed by atoms with van der Waals surface area (Å²) in [5.41, 5.74) is 2.14. The van der Waals surface area contributed by atoms with E-state index in [0.717, 1.165) is 51.4 Å². The SMILES string of the molecule is CCCCCCOc1cc(-c2nnc(-c3cccc(Oc4ccc([N+](=O)[O-])cc4)c3)o2)c(OCCCCCC)cc1-c1nnc(-c2cccc(Oc3ccc([N+](=O)[O-])cc3)c2)o1. The number of nitrogens with zero attached hydrogens (tertiary/aromatic N) is 6. The lowest BCUT2D eigenvalue weighted by Gasteiger charge is -2.15. The summed E-state index contributed by atoms with van der Waals surface area (Å²) in [6.07, 6.45) is 7.98. The van der Waals surface area contributed by atoms with E-state index in [1.165, 1.54) is 48.5 Å². The third kappa shape index (κ3) is 10.9. The monoisotopic (exact) mass is 840 g/mol. The van der Waals surface area contributed by atoms with Crippen molar-refractivity contribution in [2.45, 2.75) is 65.2 Å². The van der Waals surface area contributed by atoms with E-state index in [4.69, 9.17) is 27.8 Å². The zero-order chi connectivity index (χ0) is 43.3. The Bertz CT molecular complexity index is 2410. The van der Waals surface area contributed by atoms with Crippen LogP contribution in [0, 0.1) is 20.2 Å². The molecule has 0 bridgehead atoms. The number of unbranched alkanes of at least 4 members (excludes halogenated alkanes) is 6. The van der Waals surface area contributed by atoms with Crippen molar-refractivity contribution in [3.63, 3.8) is 0 Å². The lowest BCUT2D eigenvalue weighted by molar-refractivity contribution is -0.385. The predicted molar refractivity (Wildman–Crippen MR) is 230 cm³/mol. The van der Waals surface area contributed by atoms with Crippen LogP contribution in [0.4, 0.5) is 11.4 Å². The highest BCUT2D eigenvalue weighted by atomic mass is 16.6. The van der Waals surface area contributed by atoms with E-state index in [-0.39, 0.29) is 34.9 Å². The number of nitro groups is 2. The first-order valence-corrected chi connectivity index (χ1v) is 20.4. The zero-order valence-electron chi connectivity index (χ0n) is 34.2. The molecule has 0 spiro atoms.